The maximum Gasteiger partial charge on any atom is 0.213 e. The topological polar surface area (TPSA) is 96.0 Å². The summed E-state index contributed by atoms with van der Waals surface area (Å²) >= 11 is 0. The predicted molar refractivity (Wildman–Crippen MR) is 78.1 cm³/mol. The van der Waals surface area contributed by atoms with Crippen molar-refractivity contribution in [3.8, 4) is 0 Å². The lowest BCUT2D eigenvalue weighted by atomic mass is 9.78. The van der Waals surface area contributed by atoms with Crippen LogP contribution in [-0.2, 0) is 0 Å². The molecule has 0 atom stereocenters. The minimum Gasteiger partial charge on any atom is -0.618 e. The number of aromatic nitrogens is 1. The molecule has 1 heterocycles. The van der Waals surface area contributed by atoms with Crippen LogP contribution in [0.5, 0.6) is 0 Å². The molecule has 1 aromatic heterocycles. The van der Waals surface area contributed by atoms with Gasteiger partial charge in [0.05, 0.1) is 5.56 Å². The molecule has 1 aliphatic carbocycles. The Labute approximate surface area is 119 Å². The number of nitrogen functional groups attached to an aromatic ring is 1. The van der Waals surface area contributed by atoms with Crippen LogP contribution < -0.4 is 16.2 Å². The Hall–Kier alpha value is -1.62. The molecule has 1 aliphatic rings. The maximum absolute atomic E-state index is 12.6. The van der Waals surface area contributed by atoms with Gasteiger partial charge in [0, 0.05) is 25.8 Å². The zero-order valence-corrected chi connectivity index (χ0v) is 12.2. The van der Waals surface area contributed by atoms with E-state index in [1.165, 1.54) is 0 Å². The number of Topliss-reactive ketones (excluding diaryl/α,β-unsaturated/α-hetero) is 1. The van der Waals surface area contributed by atoms with Gasteiger partial charge in [-0.3, -0.25) is 4.79 Å². The molecule has 4 N–H and O–H groups in total. The highest BCUT2D eigenvalue weighted by Crippen LogP contribution is 2.32. The molecule has 20 heavy (non-hydrogen) atoms. The Bertz CT molecular complexity index is 520. The van der Waals surface area contributed by atoms with Crippen LogP contribution in [0.1, 0.15) is 47.4 Å². The van der Waals surface area contributed by atoms with E-state index >= 15 is 0 Å². The summed E-state index contributed by atoms with van der Waals surface area (Å²) in [5.74, 6) is 0.630. The SMILES string of the molecule is Cc1cc(C(=O)C2CCC(CN)CC2)c(N)c(C)[n+]1[O-]. The van der Waals surface area contributed by atoms with Crippen LogP contribution in [0.25, 0.3) is 0 Å². The summed E-state index contributed by atoms with van der Waals surface area (Å²) < 4.78 is 0.775. The van der Waals surface area contributed by atoms with E-state index in [2.05, 4.69) is 0 Å². The monoisotopic (exact) mass is 277 g/mol. The van der Waals surface area contributed by atoms with Crippen LogP contribution >= 0.6 is 0 Å². The standard InChI is InChI=1S/C15H23N3O2/c1-9-7-13(14(17)10(2)18(9)20)15(19)12-5-3-11(8-16)4-6-12/h7,11-12H,3-6,8,16-17H2,1-2H3. The molecule has 1 fully saturated rings. The highest BCUT2D eigenvalue weighted by Gasteiger charge is 2.29. The molecule has 0 aliphatic heterocycles. The first-order valence-corrected chi connectivity index (χ1v) is 7.19. The fourth-order valence-corrected chi connectivity index (χ4v) is 3.00. The van der Waals surface area contributed by atoms with Crippen molar-refractivity contribution in [1.82, 2.24) is 0 Å². The van der Waals surface area contributed by atoms with Gasteiger partial charge in [-0.15, -0.1) is 0 Å². The first-order valence-electron chi connectivity index (χ1n) is 7.19. The normalized spacial score (nSPS) is 22.8. The van der Waals surface area contributed by atoms with Crippen LogP contribution in [0.3, 0.4) is 0 Å². The number of pyridine rings is 1. The van der Waals surface area contributed by atoms with E-state index in [9.17, 15) is 10.0 Å². The lowest BCUT2D eigenvalue weighted by Gasteiger charge is -2.27. The molecule has 0 radical (unpaired) electrons. The minimum absolute atomic E-state index is 0.0152. The van der Waals surface area contributed by atoms with Crippen LogP contribution in [0.4, 0.5) is 5.69 Å². The maximum atomic E-state index is 12.6. The second kappa shape index (κ2) is 5.79. The molecule has 0 bridgehead atoms. The third kappa shape index (κ3) is 2.63. The van der Waals surface area contributed by atoms with Gasteiger partial charge in [-0.1, -0.05) is 0 Å². The van der Waals surface area contributed by atoms with Crippen molar-refractivity contribution in [3.05, 3.63) is 28.2 Å². The number of hydrogen-bond donors (Lipinski definition) is 2. The summed E-state index contributed by atoms with van der Waals surface area (Å²) in [5, 5.41) is 11.7. The lowest BCUT2D eigenvalue weighted by molar-refractivity contribution is -0.618. The number of nitrogens with zero attached hydrogens (tertiary/aromatic N) is 1. The minimum atomic E-state index is 0.0152. The lowest BCUT2D eigenvalue weighted by Crippen LogP contribution is -2.36. The van der Waals surface area contributed by atoms with Gasteiger partial charge >= 0.3 is 0 Å². The smallest absolute Gasteiger partial charge is 0.213 e. The Morgan fingerprint density at radius 1 is 1.35 bits per heavy atom. The summed E-state index contributed by atoms with van der Waals surface area (Å²) in [4.78, 5) is 12.6. The van der Waals surface area contributed by atoms with Crippen molar-refractivity contribution in [1.29, 1.82) is 0 Å². The first-order chi connectivity index (χ1) is 9.45. The van der Waals surface area contributed by atoms with Crippen molar-refractivity contribution in [3.63, 3.8) is 0 Å². The van der Waals surface area contributed by atoms with Gasteiger partial charge in [0.15, 0.2) is 11.5 Å². The molecule has 0 amide bonds. The highest BCUT2D eigenvalue weighted by atomic mass is 16.5. The van der Waals surface area contributed by atoms with Gasteiger partial charge < -0.3 is 16.7 Å². The molecule has 0 aromatic carbocycles. The van der Waals surface area contributed by atoms with E-state index < -0.39 is 0 Å². The zero-order chi connectivity index (χ0) is 14.9. The van der Waals surface area contributed by atoms with Crippen molar-refractivity contribution >= 4 is 11.5 Å². The Balaban J connectivity index is 2.22. The Morgan fingerprint density at radius 3 is 2.50 bits per heavy atom. The van der Waals surface area contributed by atoms with E-state index in [1.807, 2.05) is 0 Å². The second-order valence-electron chi connectivity index (χ2n) is 5.81. The molecule has 5 nitrogen and oxygen atoms in total. The van der Waals surface area contributed by atoms with Gasteiger partial charge in [-0.05, 0) is 38.1 Å². The van der Waals surface area contributed by atoms with Crippen LogP contribution in [0, 0.1) is 30.9 Å². The van der Waals surface area contributed by atoms with E-state index in [-0.39, 0.29) is 11.7 Å². The van der Waals surface area contributed by atoms with E-state index in [0.29, 0.717) is 35.1 Å². The number of aryl methyl sites for hydroxylation is 1. The fourth-order valence-electron chi connectivity index (χ4n) is 3.00. The van der Waals surface area contributed by atoms with Gasteiger partial charge in [-0.2, -0.15) is 4.73 Å². The van der Waals surface area contributed by atoms with Crippen LogP contribution in [0.15, 0.2) is 6.07 Å². The van der Waals surface area contributed by atoms with Gasteiger partial charge in [0.25, 0.3) is 0 Å². The Kier molecular flexibility index (Phi) is 4.28. The van der Waals surface area contributed by atoms with E-state index in [0.717, 1.165) is 30.4 Å². The van der Waals surface area contributed by atoms with Crippen molar-refractivity contribution < 1.29 is 9.52 Å². The van der Waals surface area contributed by atoms with Gasteiger partial charge in [0.2, 0.25) is 5.69 Å². The number of hydrogen-bond acceptors (Lipinski definition) is 4. The number of carbonyl (C=O) groups is 1. The summed E-state index contributed by atoms with van der Waals surface area (Å²) in [7, 11) is 0. The predicted octanol–water partition coefficient (Wildman–Crippen LogP) is 1.47. The van der Waals surface area contributed by atoms with Crippen LogP contribution in [0.2, 0.25) is 0 Å². The van der Waals surface area contributed by atoms with Crippen molar-refractivity contribution in [2.24, 2.45) is 17.6 Å². The first kappa shape index (κ1) is 14.8. The average Bonchev–Trinajstić information content (AvgIpc) is 2.48. The largest absolute Gasteiger partial charge is 0.618 e. The van der Waals surface area contributed by atoms with Crippen LogP contribution in [-0.4, -0.2) is 12.3 Å². The van der Waals surface area contributed by atoms with Crippen molar-refractivity contribution in [2.45, 2.75) is 39.5 Å². The molecule has 110 valence electrons. The van der Waals surface area contributed by atoms with E-state index in [1.54, 1.807) is 19.9 Å². The molecule has 0 unspecified atom stereocenters. The van der Waals surface area contributed by atoms with Gasteiger partial charge in [0.1, 0.15) is 5.69 Å². The summed E-state index contributed by atoms with van der Waals surface area (Å²) in [6.45, 7) is 4.04. The molecule has 1 saturated carbocycles. The molecule has 1 aromatic rings. The number of anilines is 1. The number of nitrogens with two attached hydrogens (primary N) is 2. The summed E-state index contributed by atoms with van der Waals surface area (Å²) in [5.41, 5.74) is 13.4. The highest BCUT2D eigenvalue weighted by molar-refractivity contribution is 6.02. The fraction of sp³-hybridized carbons (Fsp3) is 0.600. The summed E-state index contributed by atoms with van der Waals surface area (Å²) in [6, 6.07) is 1.62. The van der Waals surface area contributed by atoms with Crippen molar-refractivity contribution in [2.75, 3.05) is 12.3 Å². The molecule has 0 saturated heterocycles. The Morgan fingerprint density at radius 2 is 1.95 bits per heavy atom. The molecule has 0 spiro atoms. The number of ketones is 1. The number of rotatable bonds is 3. The molecule has 2 rings (SSSR count). The summed E-state index contributed by atoms with van der Waals surface area (Å²) in [6.07, 6.45) is 3.73. The average molecular weight is 277 g/mol. The second-order valence-corrected chi connectivity index (χ2v) is 5.81. The molecular formula is C15H23N3O2. The molecule has 5 heteroatoms. The van der Waals surface area contributed by atoms with E-state index in [4.69, 9.17) is 11.5 Å². The third-order valence-electron chi connectivity index (χ3n) is 4.47. The number of carbonyl (C=O) groups excluding carboxylic acids is 1. The van der Waals surface area contributed by atoms with Gasteiger partial charge in [-0.25, -0.2) is 0 Å². The zero-order valence-electron chi connectivity index (χ0n) is 12.2. The quantitative estimate of drug-likeness (QED) is 0.496. The molecular weight excluding hydrogens is 254 g/mol. The third-order valence-corrected chi connectivity index (χ3v) is 4.47.